The van der Waals surface area contributed by atoms with Crippen LogP contribution in [-0.4, -0.2) is 77.9 Å². The lowest BCUT2D eigenvalue weighted by Gasteiger charge is -2.37. The Morgan fingerprint density at radius 1 is 1.07 bits per heavy atom. The van der Waals surface area contributed by atoms with E-state index in [1.807, 2.05) is 18.2 Å². The minimum atomic E-state index is -0.503. The Morgan fingerprint density at radius 2 is 1.73 bits per heavy atom. The highest BCUT2D eigenvalue weighted by Crippen LogP contribution is 2.38. The number of hydrogen-bond acceptors (Lipinski definition) is 7. The van der Waals surface area contributed by atoms with E-state index in [1.54, 1.807) is 6.20 Å². The van der Waals surface area contributed by atoms with E-state index in [4.69, 9.17) is 4.74 Å². The van der Waals surface area contributed by atoms with E-state index in [9.17, 15) is 14.4 Å². The molecule has 162 valence electrons. The molecular formula is C22H30N4O4. The average Bonchev–Trinajstić information content (AvgIpc) is 2.99. The number of amides is 2. The molecule has 3 aliphatic rings. The van der Waals surface area contributed by atoms with Gasteiger partial charge in [0.1, 0.15) is 11.9 Å². The molecule has 30 heavy (non-hydrogen) atoms. The fourth-order valence-corrected chi connectivity index (χ4v) is 4.97. The van der Waals surface area contributed by atoms with Gasteiger partial charge in [-0.05, 0) is 25.0 Å². The predicted octanol–water partition coefficient (Wildman–Crippen LogP) is 1.31. The van der Waals surface area contributed by atoms with Crippen LogP contribution in [0.4, 0.5) is 5.82 Å². The average molecular weight is 415 g/mol. The van der Waals surface area contributed by atoms with Crippen molar-refractivity contribution >= 4 is 23.6 Å². The second-order valence-electron chi connectivity index (χ2n) is 8.49. The molecule has 2 aliphatic heterocycles. The van der Waals surface area contributed by atoms with Gasteiger partial charge in [0.05, 0.1) is 18.4 Å². The number of fused-ring (bicyclic) bond motifs is 1. The molecule has 1 aliphatic carbocycles. The molecular weight excluding hydrogens is 384 g/mol. The number of ether oxygens (including phenoxy) is 1. The van der Waals surface area contributed by atoms with Gasteiger partial charge in [0.25, 0.3) is 0 Å². The van der Waals surface area contributed by atoms with Crippen LogP contribution in [0.1, 0.15) is 32.6 Å². The highest BCUT2D eigenvalue weighted by atomic mass is 16.5. The van der Waals surface area contributed by atoms with Crippen molar-refractivity contribution in [3.05, 3.63) is 24.4 Å². The van der Waals surface area contributed by atoms with Gasteiger partial charge in [0.15, 0.2) is 0 Å². The van der Waals surface area contributed by atoms with Crippen LogP contribution in [0.3, 0.4) is 0 Å². The first kappa shape index (κ1) is 20.8. The third-order valence-corrected chi connectivity index (χ3v) is 6.46. The highest BCUT2D eigenvalue weighted by molar-refractivity contribution is 6.05. The van der Waals surface area contributed by atoms with Crippen molar-refractivity contribution < 1.29 is 19.1 Å². The Balaban J connectivity index is 1.36. The number of esters is 1. The number of nitrogens with zero attached hydrogens (tertiary/aromatic N) is 4. The summed E-state index contributed by atoms with van der Waals surface area (Å²) in [6, 6.07) is 5.88. The number of piperazine rings is 1. The molecule has 0 radical (unpaired) electrons. The van der Waals surface area contributed by atoms with Crippen LogP contribution in [0, 0.1) is 11.8 Å². The summed E-state index contributed by atoms with van der Waals surface area (Å²) in [4.78, 5) is 47.5. The van der Waals surface area contributed by atoms with Crippen LogP contribution in [0.25, 0.3) is 0 Å². The lowest BCUT2D eigenvalue weighted by molar-refractivity contribution is -0.153. The Morgan fingerprint density at radius 3 is 2.30 bits per heavy atom. The second kappa shape index (κ2) is 9.12. The summed E-state index contributed by atoms with van der Waals surface area (Å²) < 4.78 is 5.52. The molecule has 8 nitrogen and oxygen atoms in total. The topological polar surface area (TPSA) is 83.1 Å². The van der Waals surface area contributed by atoms with Crippen LogP contribution >= 0.6 is 0 Å². The number of imide groups is 1. The molecule has 4 rings (SSSR count). The Kier molecular flexibility index (Phi) is 6.32. The van der Waals surface area contributed by atoms with Gasteiger partial charge in [-0.25, -0.2) is 4.98 Å². The van der Waals surface area contributed by atoms with Crippen molar-refractivity contribution in [2.24, 2.45) is 11.8 Å². The number of anilines is 1. The number of carbonyl (C=O) groups is 3. The second-order valence-corrected chi connectivity index (χ2v) is 8.49. The van der Waals surface area contributed by atoms with Crippen LogP contribution < -0.4 is 4.90 Å². The third kappa shape index (κ3) is 4.48. The molecule has 3 heterocycles. The molecule has 8 heteroatoms. The van der Waals surface area contributed by atoms with Crippen molar-refractivity contribution in [2.45, 2.75) is 38.7 Å². The predicted molar refractivity (Wildman–Crippen MR) is 111 cm³/mol. The van der Waals surface area contributed by atoms with E-state index in [1.165, 1.54) is 11.8 Å². The van der Waals surface area contributed by atoms with Gasteiger partial charge in [0.2, 0.25) is 11.8 Å². The van der Waals surface area contributed by atoms with E-state index < -0.39 is 6.10 Å². The normalized spacial score (nSPS) is 25.9. The van der Waals surface area contributed by atoms with E-state index in [2.05, 4.69) is 14.8 Å². The van der Waals surface area contributed by atoms with Gasteiger partial charge in [-0.2, -0.15) is 0 Å². The third-order valence-electron chi connectivity index (χ3n) is 6.46. The van der Waals surface area contributed by atoms with Gasteiger partial charge in [-0.15, -0.1) is 0 Å². The maximum Gasteiger partial charge on any atom is 0.303 e. The SMILES string of the molecule is CC(=O)OC(CN1CCN(c2ccccn2)CC1)CN1C(=O)C2CCCCC2C1=O. The molecule has 0 bridgehead atoms. The molecule has 1 aromatic heterocycles. The van der Waals surface area contributed by atoms with Crippen LogP contribution in [0.5, 0.6) is 0 Å². The number of aromatic nitrogens is 1. The minimum absolute atomic E-state index is 0.0816. The number of rotatable bonds is 6. The summed E-state index contributed by atoms with van der Waals surface area (Å²) in [5.74, 6) is 0.0640. The molecule has 0 N–H and O–H groups in total. The summed E-state index contributed by atoms with van der Waals surface area (Å²) in [6.45, 7) is 5.32. The molecule has 0 aromatic carbocycles. The van der Waals surface area contributed by atoms with Crippen LogP contribution in [-0.2, 0) is 19.1 Å². The van der Waals surface area contributed by atoms with Crippen molar-refractivity contribution in [3.63, 3.8) is 0 Å². The lowest BCUT2D eigenvalue weighted by Crippen LogP contribution is -2.51. The number of hydrogen-bond donors (Lipinski definition) is 0. The van der Waals surface area contributed by atoms with Gasteiger partial charge in [0, 0.05) is 45.8 Å². The molecule has 2 saturated heterocycles. The van der Waals surface area contributed by atoms with E-state index in [0.29, 0.717) is 6.54 Å². The zero-order valence-corrected chi connectivity index (χ0v) is 17.5. The molecule has 3 atom stereocenters. The summed E-state index contributed by atoms with van der Waals surface area (Å²) in [7, 11) is 0. The zero-order chi connectivity index (χ0) is 21.1. The molecule has 2 amide bonds. The molecule has 3 fully saturated rings. The van der Waals surface area contributed by atoms with Crippen molar-refractivity contribution in [1.82, 2.24) is 14.8 Å². The first-order valence-electron chi connectivity index (χ1n) is 10.9. The summed E-state index contributed by atoms with van der Waals surface area (Å²) in [5, 5.41) is 0. The standard InChI is InChI=1S/C22H30N4O4/c1-16(27)30-17(15-26-21(28)18-6-2-3-7-19(18)22(26)29)14-24-10-12-25(13-11-24)20-8-4-5-9-23-20/h4-5,8-9,17-19H,2-3,6-7,10-15H2,1H3. The first-order chi connectivity index (χ1) is 14.5. The number of carbonyl (C=O) groups excluding carboxylic acids is 3. The fraction of sp³-hybridized carbons (Fsp3) is 0.636. The minimum Gasteiger partial charge on any atom is -0.459 e. The zero-order valence-electron chi connectivity index (χ0n) is 17.5. The van der Waals surface area contributed by atoms with Crippen LogP contribution in [0.15, 0.2) is 24.4 Å². The maximum atomic E-state index is 12.8. The first-order valence-corrected chi connectivity index (χ1v) is 10.9. The van der Waals surface area contributed by atoms with E-state index in [-0.39, 0.29) is 36.2 Å². The van der Waals surface area contributed by atoms with E-state index >= 15 is 0 Å². The number of pyridine rings is 1. The molecule has 1 saturated carbocycles. The summed E-state index contributed by atoms with van der Waals surface area (Å²) in [5.41, 5.74) is 0. The Labute approximate surface area is 177 Å². The highest BCUT2D eigenvalue weighted by Gasteiger charge is 2.48. The molecule has 1 aromatic rings. The monoisotopic (exact) mass is 414 g/mol. The fourth-order valence-electron chi connectivity index (χ4n) is 4.97. The van der Waals surface area contributed by atoms with Gasteiger partial charge in [-0.3, -0.25) is 24.2 Å². The number of likely N-dealkylation sites (tertiary alicyclic amines) is 1. The largest absolute Gasteiger partial charge is 0.459 e. The smallest absolute Gasteiger partial charge is 0.303 e. The van der Waals surface area contributed by atoms with Gasteiger partial charge >= 0.3 is 5.97 Å². The van der Waals surface area contributed by atoms with Crippen molar-refractivity contribution in [2.75, 3.05) is 44.2 Å². The van der Waals surface area contributed by atoms with Gasteiger partial charge < -0.3 is 9.64 Å². The molecule has 0 spiro atoms. The van der Waals surface area contributed by atoms with Crippen molar-refractivity contribution in [1.29, 1.82) is 0 Å². The van der Waals surface area contributed by atoms with Crippen molar-refractivity contribution in [3.8, 4) is 0 Å². The van der Waals surface area contributed by atoms with Gasteiger partial charge in [-0.1, -0.05) is 18.9 Å². The van der Waals surface area contributed by atoms with Crippen LogP contribution in [0.2, 0.25) is 0 Å². The summed E-state index contributed by atoms with van der Waals surface area (Å²) >= 11 is 0. The quantitative estimate of drug-likeness (QED) is 0.513. The Bertz CT molecular complexity index is 755. The molecule has 3 unspecified atom stereocenters. The summed E-state index contributed by atoms with van der Waals surface area (Å²) in [6.07, 6.45) is 4.88. The Hall–Kier alpha value is -2.48. The van der Waals surface area contributed by atoms with E-state index in [0.717, 1.165) is 57.7 Å². The maximum absolute atomic E-state index is 12.8. The lowest BCUT2D eigenvalue weighted by atomic mass is 9.81.